The first-order chi connectivity index (χ1) is 8.56. The van der Waals surface area contributed by atoms with E-state index < -0.39 is 0 Å². The molecule has 2 aromatic rings. The van der Waals surface area contributed by atoms with E-state index in [9.17, 15) is 0 Å². The van der Waals surface area contributed by atoms with Gasteiger partial charge in [-0.15, -0.1) is 11.3 Å². The Balaban J connectivity index is 2.29. The van der Waals surface area contributed by atoms with E-state index in [0.717, 1.165) is 6.42 Å². The zero-order valence-corrected chi connectivity index (χ0v) is 12.2. The van der Waals surface area contributed by atoms with Gasteiger partial charge in [0.25, 0.3) is 0 Å². The van der Waals surface area contributed by atoms with Crippen molar-refractivity contribution in [1.82, 2.24) is 0 Å². The molecular weight excluding hydrogens is 238 g/mol. The Morgan fingerprint density at radius 2 is 1.83 bits per heavy atom. The van der Waals surface area contributed by atoms with E-state index in [2.05, 4.69) is 56.5 Å². The number of benzene rings is 1. The highest BCUT2D eigenvalue weighted by atomic mass is 32.1. The number of thiophene rings is 1. The Labute approximate surface area is 114 Å². The highest BCUT2D eigenvalue weighted by Gasteiger charge is 2.20. The average Bonchev–Trinajstić information content (AvgIpc) is 2.89. The van der Waals surface area contributed by atoms with Crippen LogP contribution in [0.25, 0.3) is 10.4 Å². The molecule has 0 saturated heterocycles. The highest BCUT2D eigenvalue weighted by molar-refractivity contribution is 7.13. The Morgan fingerprint density at radius 1 is 1.17 bits per heavy atom. The van der Waals surface area contributed by atoms with Crippen molar-refractivity contribution in [2.24, 2.45) is 5.73 Å². The summed E-state index contributed by atoms with van der Waals surface area (Å²) in [7, 11) is 0. The number of hydrogen-bond donors (Lipinski definition) is 1. The number of aryl methyl sites for hydroxylation is 1. The minimum absolute atomic E-state index is 0.0676. The molecule has 0 radical (unpaired) electrons. The van der Waals surface area contributed by atoms with Gasteiger partial charge in [-0.25, -0.2) is 0 Å². The molecule has 1 nitrogen and oxygen atoms in total. The normalized spacial score (nSPS) is 11.8. The van der Waals surface area contributed by atoms with Gasteiger partial charge in [-0.2, -0.15) is 0 Å². The van der Waals surface area contributed by atoms with Crippen LogP contribution in [-0.4, -0.2) is 6.54 Å². The van der Waals surface area contributed by atoms with Crippen LogP contribution >= 0.6 is 11.3 Å². The fraction of sp³-hybridized carbons (Fsp3) is 0.375. The Kier molecular flexibility index (Phi) is 3.88. The van der Waals surface area contributed by atoms with E-state index in [0.29, 0.717) is 6.54 Å². The lowest BCUT2D eigenvalue weighted by Crippen LogP contribution is -2.27. The summed E-state index contributed by atoms with van der Waals surface area (Å²) >= 11 is 1.80. The van der Waals surface area contributed by atoms with E-state index >= 15 is 0 Å². The Bertz CT molecular complexity index is 508. The smallest absolute Gasteiger partial charge is 0.0345 e. The molecule has 2 rings (SSSR count). The van der Waals surface area contributed by atoms with Crippen molar-refractivity contribution in [3.05, 3.63) is 46.8 Å². The fourth-order valence-electron chi connectivity index (χ4n) is 1.87. The molecule has 0 unspecified atom stereocenters. The fourth-order valence-corrected chi connectivity index (χ4v) is 2.97. The van der Waals surface area contributed by atoms with Crippen LogP contribution in [0.15, 0.2) is 35.7 Å². The third kappa shape index (κ3) is 2.65. The summed E-state index contributed by atoms with van der Waals surface area (Å²) < 4.78 is 0. The first-order valence-corrected chi connectivity index (χ1v) is 7.33. The molecule has 0 spiro atoms. The topological polar surface area (TPSA) is 26.0 Å². The van der Waals surface area contributed by atoms with Gasteiger partial charge in [0.1, 0.15) is 0 Å². The van der Waals surface area contributed by atoms with Gasteiger partial charge in [0, 0.05) is 16.8 Å². The maximum Gasteiger partial charge on any atom is 0.0345 e. The molecule has 96 valence electrons. The van der Waals surface area contributed by atoms with Gasteiger partial charge in [-0.05, 0) is 34.6 Å². The van der Waals surface area contributed by atoms with Crippen LogP contribution in [0.3, 0.4) is 0 Å². The molecule has 0 amide bonds. The maximum atomic E-state index is 5.83. The van der Waals surface area contributed by atoms with Crippen molar-refractivity contribution < 1.29 is 0 Å². The molecule has 18 heavy (non-hydrogen) atoms. The van der Waals surface area contributed by atoms with Crippen molar-refractivity contribution in [3.8, 4) is 10.4 Å². The predicted octanol–water partition coefficient (Wildman–Crippen LogP) is 4.21. The standard InChI is InChI=1S/C16H21NS/c1-4-12-5-7-13(8-6-12)15-9-14(10-18-15)16(2,3)11-17/h5-10H,4,11,17H2,1-3H3. The first-order valence-electron chi connectivity index (χ1n) is 6.45. The predicted molar refractivity (Wildman–Crippen MR) is 81.2 cm³/mol. The third-order valence-electron chi connectivity index (χ3n) is 3.54. The van der Waals surface area contributed by atoms with Crippen molar-refractivity contribution in [2.75, 3.05) is 6.54 Å². The molecule has 1 aromatic carbocycles. The second kappa shape index (κ2) is 5.25. The summed E-state index contributed by atoms with van der Waals surface area (Å²) in [5, 5.41) is 2.23. The van der Waals surface area contributed by atoms with Crippen LogP contribution in [0.5, 0.6) is 0 Å². The summed E-state index contributed by atoms with van der Waals surface area (Å²) in [5.74, 6) is 0. The zero-order chi connectivity index (χ0) is 13.2. The SMILES string of the molecule is CCc1ccc(-c2cc(C(C)(C)CN)cs2)cc1. The van der Waals surface area contributed by atoms with Gasteiger partial charge in [0.2, 0.25) is 0 Å². The van der Waals surface area contributed by atoms with Gasteiger partial charge in [-0.1, -0.05) is 45.0 Å². The Hall–Kier alpha value is -1.12. The zero-order valence-electron chi connectivity index (χ0n) is 11.4. The van der Waals surface area contributed by atoms with Crippen LogP contribution < -0.4 is 5.73 Å². The van der Waals surface area contributed by atoms with Crippen LogP contribution in [-0.2, 0) is 11.8 Å². The van der Waals surface area contributed by atoms with Gasteiger partial charge in [0.05, 0.1) is 0 Å². The average molecular weight is 259 g/mol. The van der Waals surface area contributed by atoms with Crippen LogP contribution in [0.4, 0.5) is 0 Å². The molecule has 0 saturated carbocycles. The molecule has 0 aliphatic rings. The summed E-state index contributed by atoms with van der Waals surface area (Å²) in [4.78, 5) is 1.33. The molecule has 0 aliphatic carbocycles. The number of nitrogens with two attached hydrogens (primary N) is 1. The van der Waals surface area contributed by atoms with Gasteiger partial charge in [-0.3, -0.25) is 0 Å². The molecule has 0 aliphatic heterocycles. The summed E-state index contributed by atoms with van der Waals surface area (Å²) in [5.41, 5.74) is 9.92. The summed E-state index contributed by atoms with van der Waals surface area (Å²) in [6.45, 7) is 7.25. The van der Waals surface area contributed by atoms with Gasteiger partial charge >= 0.3 is 0 Å². The van der Waals surface area contributed by atoms with E-state index in [1.54, 1.807) is 11.3 Å². The molecule has 0 atom stereocenters. The van der Waals surface area contributed by atoms with Gasteiger partial charge < -0.3 is 5.73 Å². The molecule has 2 N–H and O–H groups in total. The minimum atomic E-state index is 0.0676. The van der Waals surface area contributed by atoms with Crippen LogP contribution in [0.1, 0.15) is 31.9 Å². The summed E-state index contributed by atoms with van der Waals surface area (Å²) in [6.07, 6.45) is 1.09. The number of hydrogen-bond acceptors (Lipinski definition) is 2. The van der Waals surface area contributed by atoms with Crippen LogP contribution in [0.2, 0.25) is 0 Å². The van der Waals surface area contributed by atoms with E-state index in [-0.39, 0.29) is 5.41 Å². The summed E-state index contributed by atoms with van der Waals surface area (Å²) in [6, 6.07) is 11.1. The molecule has 1 aromatic heterocycles. The molecule has 0 fully saturated rings. The molecule has 0 bridgehead atoms. The largest absolute Gasteiger partial charge is 0.330 e. The van der Waals surface area contributed by atoms with Crippen molar-refractivity contribution >= 4 is 11.3 Å². The third-order valence-corrected chi connectivity index (χ3v) is 4.52. The quantitative estimate of drug-likeness (QED) is 0.874. The van der Waals surface area contributed by atoms with Gasteiger partial charge in [0.15, 0.2) is 0 Å². The van der Waals surface area contributed by atoms with E-state index in [4.69, 9.17) is 5.73 Å². The van der Waals surface area contributed by atoms with Crippen molar-refractivity contribution in [2.45, 2.75) is 32.6 Å². The molecular formula is C16H21NS. The lowest BCUT2D eigenvalue weighted by Gasteiger charge is -2.20. The lowest BCUT2D eigenvalue weighted by molar-refractivity contribution is 0.541. The highest BCUT2D eigenvalue weighted by Crippen LogP contribution is 2.33. The lowest BCUT2D eigenvalue weighted by atomic mass is 9.86. The first kappa shape index (κ1) is 13.3. The molecule has 1 heterocycles. The molecule has 2 heteroatoms. The maximum absolute atomic E-state index is 5.83. The van der Waals surface area contributed by atoms with E-state index in [1.165, 1.54) is 21.6 Å². The Morgan fingerprint density at radius 3 is 2.39 bits per heavy atom. The van der Waals surface area contributed by atoms with Crippen LogP contribution in [0, 0.1) is 0 Å². The second-order valence-corrected chi connectivity index (χ2v) is 6.25. The second-order valence-electron chi connectivity index (χ2n) is 5.34. The monoisotopic (exact) mass is 259 g/mol. The number of rotatable bonds is 4. The van der Waals surface area contributed by atoms with E-state index in [1.807, 2.05) is 0 Å². The van der Waals surface area contributed by atoms with Crippen molar-refractivity contribution in [1.29, 1.82) is 0 Å². The minimum Gasteiger partial charge on any atom is -0.330 e. The van der Waals surface area contributed by atoms with Crippen molar-refractivity contribution in [3.63, 3.8) is 0 Å².